The van der Waals surface area contributed by atoms with Crippen molar-refractivity contribution >= 4 is 21.5 Å². The normalized spacial score (nSPS) is 13.1. The summed E-state index contributed by atoms with van der Waals surface area (Å²) in [7, 11) is 0. The Morgan fingerprint density at radius 3 is 1.28 bits per heavy atom. The summed E-state index contributed by atoms with van der Waals surface area (Å²) in [6, 6.07) is 62.8. The molecule has 0 amide bonds. The van der Waals surface area contributed by atoms with Gasteiger partial charge in [0.1, 0.15) is 0 Å². The van der Waals surface area contributed by atoms with Crippen molar-refractivity contribution in [3.8, 4) is 55.6 Å². The lowest BCUT2D eigenvalue weighted by Gasteiger charge is -2.22. The van der Waals surface area contributed by atoms with Crippen LogP contribution < -0.4 is 0 Å². The lowest BCUT2D eigenvalue weighted by atomic mass is 9.81. The summed E-state index contributed by atoms with van der Waals surface area (Å²) in [4.78, 5) is 0. The van der Waals surface area contributed by atoms with Crippen molar-refractivity contribution in [2.45, 2.75) is 19.3 Å². The van der Waals surface area contributed by atoms with E-state index in [0.29, 0.717) is 0 Å². The van der Waals surface area contributed by atoms with E-state index in [-0.39, 0.29) is 5.41 Å². The fourth-order valence-electron chi connectivity index (χ4n) is 7.60. The van der Waals surface area contributed by atoms with Crippen molar-refractivity contribution in [1.29, 1.82) is 0 Å². The van der Waals surface area contributed by atoms with Crippen molar-refractivity contribution in [2.24, 2.45) is 0 Å². The largest absolute Gasteiger partial charge is 0.0619 e. The van der Waals surface area contributed by atoms with Crippen LogP contribution in [-0.2, 0) is 5.41 Å². The van der Waals surface area contributed by atoms with Gasteiger partial charge in [-0.2, -0.15) is 0 Å². The van der Waals surface area contributed by atoms with Crippen LogP contribution in [0.25, 0.3) is 77.2 Å². The molecule has 0 saturated heterocycles. The van der Waals surface area contributed by atoms with Gasteiger partial charge >= 0.3 is 0 Å². The third-order valence-electron chi connectivity index (χ3n) is 10.2. The standard InChI is InChI=1S/C47H34/c1-47(2)45-14-8-7-13-43(45)44-24-23-39(30-46(44)47)33-15-17-34(18-16-33)40-27-41(37-21-19-31-9-3-5-11-35(31)25-37)29-42(28-40)38-22-20-32-10-4-6-12-36(32)26-38/h3-30H,1-2H3. The third-order valence-corrected chi connectivity index (χ3v) is 10.2. The molecule has 1 aliphatic rings. The number of hydrogen-bond acceptors (Lipinski definition) is 0. The topological polar surface area (TPSA) is 0 Å². The minimum absolute atomic E-state index is 0.00968. The van der Waals surface area contributed by atoms with E-state index in [2.05, 4.69) is 184 Å². The van der Waals surface area contributed by atoms with Crippen LogP contribution in [0.15, 0.2) is 170 Å². The molecule has 0 spiro atoms. The maximum Gasteiger partial charge on any atom is 0.0159 e. The Morgan fingerprint density at radius 1 is 0.277 bits per heavy atom. The Labute approximate surface area is 276 Å². The Bertz CT molecular complexity index is 2380. The molecule has 47 heavy (non-hydrogen) atoms. The van der Waals surface area contributed by atoms with Crippen molar-refractivity contribution in [1.82, 2.24) is 0 Å². The maximum absolute atomic E-state index is 2.41. The van der Waals surface area contributed by atoms with Gasteiger partial charge < -0.3 is 0 Å². The van der Waals surface area contributed by atoms with Crippen LogP contribution in [0.2, 0.25) is 0 Å². The molecule has 0 aliphatic heterocycles. The summed E-state index contributed by atoms with van der Waals surface area (Å²) in [6.45, 7) is 4.69. The average Bonchev–Trinajstić information content (AvgIpc) is 3.36. The van der Waals surface area contributed by atoms with Gasteiger partial charge in [-0.1, -0.05) is 147 Å². The highest BCUT2D eigenvalue weighted by molar-refractivity contribution is 5.92. The zero-order valence-electron chi connectivity index (χ0n) is 26.7. The number of rotatable bonds is 4. The number of benzene rings is 8. The molecule has 0 N–H and O–H groups in total. The second-order valence-electron chi connectivity index (χ2n) is 13.4. The highest BCUT2D eigenvalue weighted by atomic mass is 14.4. The second kappa shape index (κ2) is 10.7. The van der Waals surface area contributed by atoms with Crippen LogP contribution in [0, 0.1) is 0 Å². The predicted molar refractivity (Wildman–Crippen MR) is 201 cm³/mol. The van der Waals surface area contributed by atoms with E-state index in [9.17, 15) is 0 Å². The van der Waals surface area contributed by atoms with Gasteiger partial charge in [0.05, 0.1) is 0 Å². The lowest BCUT2D eigenvalue weighted by Crippen LogP contribution is -2.14. The highest BCUT2D eigenvalue weighted by Crippen LogP contribution is 2.49. The summed E-state index contributed by atoms with van der Waals surface area (Å²) in [5, 5.41) is 5.04. The van der Waals surface area contributed by atoms with Crippen LogP contribution in [0.3, 0.4) is 0 Å². The molecule has 0 aromatic heterocycles. The van der Waals surface area contributed by atoms with Gasteiger partial charge in [-0.15, -0.1) is 0 Å². The molecular weight excluding hydrogens is 565 g/mol. The minimum atomic E-state index is -0.00968. The quantitative estimate of drug-likeness (QED) is 0.189. The molecule has 8 aromatic carbocycles. The Hall–Kier alpha value is -5.72. The molecule has 0 saturated carbocycles. The molecule has 222 valence electrons. The van der Waals surface area contributed by atoms with E-state index in [1.54, 1.807) is 0 Å². The number of fused-ring (bicyclic) bond motifs is 5. The first-order valence-electron chi connectivity index (χ1n) is 16.5. The first-order valence-corrected chi connectivity index (χ1v) is 16.5. The summed E-state index contributed by atoms with van der Waals surface area (Å²) >= 11 is 0. The van der Waals surface area contributed by atoms with Crippen molar-refractivity contribution in [2.75, 3.05) is 0 Å². The molecule has 0 bridgehead atoms. The number of hydrogen-bond donors (Lipinski definition) is 0. The monoisotopic (exact) mass is 598 g/mol. The fourth-order valence-corrected chi connectivity index (χ4v) is 7.60. The van der Waals surface area contributed by atoms with Crippen molar-refractivity contribution in [3.63, 3.8) is 0 Å². The first kappa shape index (κ1) is 27.6. The molecule has 8 aromatic rings. The molecule has 0 radical (unpaired) electrons. The molecule has 0 nitrogen and oxygen atoms in total. The van der Waals surface area contributed by atoms with Crippen LogP contribution in [0.5, 0.6) is 0 Å². The first-order chi connectivity index (χ1) is 23.0. The van der Waals surface area contributed by atoms with Crippen molar-refractivity contribution < 1.29 is 0 Å². The van der Waals surface area contributed by atoms with E-state index < -0.39 is 0 Å². The van der Waals surface area contributed by atoms with E-state index in [0.717, 1.165) is 0 Å². The highest BCUT2D eigenvalue weighted by Gasteiger charge is 2.35. The predicted octanol–water partition coefficient (Wildman–Crippen LogP) is 13.0. The Balaban J connectivity index is 1.13. The third kappa shape index (κ3) is 4.68. The smallest absolute Gasteiger partial charge is 0.0159 e. The summed E-state index contributed by atoms with van der Waals surface area (Å²) in [5.41, 5.74) is 15.4. The van der Waals surface area contributed by atoms with Crippen LogP contribution >= 0.6 is 0 Å². The molecule has 9 rings (SSSR count). The summed E-state index contributed by atoms with van der Waals surface area (Å²) in [5.74, 6) is 0. The molecule has 0 heteroatoms. The van der Waals surface area contributed by atoms with E-state index in [1.165, 1.54) is 88.3 Å². The Kier molecular flexibility index (Phi) is 6.27. The molecule has 0 atom stereocenters. The van der Waals surface area contributed by atoms with Crippen LogP contribution in [-0.4, -0.2) is 0 Å². The summed E-state index contributed by atoms with van der Waals surface area (Å²) in [6.07, 6.45) is 0. The zero-order valence-corrected chi connectivity index (χ0v) is 26.7. The zero-order chi connectivity index (χ0) is 31.5. The van der Waals surface area contributed by atoms with Gasteiger partial charge in [-0.25, -0.2) is 0 Å². The molecule has 1 aliphatic carbocycles. The van der Waals surface area contributed by atoms with Crippen LogP contribution in [0.4, 0.5) is 0 Å². The average molecular weight is 599 g/mol. The Morgan fingerprint density at radius 2 is 0.681 bits per heavy atom. The van der Waals surface area contributed by atoms with E-state index in [1.807, 2.05) is 0 Å². The summed E-state index contributed by atoms with van der Waals surface area (Å²) < 4.78 is 0. The molecule has 0 unspecified atom stereocenters. The fraction of sp³-hybridized carbons (Fsp3) is 0.0638. The maximum atomic E-state index is 2.41. The molecule has 0 fully saturated rings. The van der Waals surface area contributed by atoms with Gasteiger partial charge in [-0.3, -0.25) is 0 Å². The second-order valence-corrected chi connectivity index (χ2v) is 13.4. The van der Waals surface area contributed by atoms with E-state index >= 15 is 0 Å². The van der Waals surface area contributed by atoms with Gasteiger partial charge in [0, 0.05) is 5.41 Å². The van der Waals surface area contributed by atoms with Gasteiger partial charge in [0.25, 0.3) is 0 Å². The molecular formula is C47H34. The van der Waals surface area contributed by atoms with Crippen molar-refractivity contribution in [3.05, 3.63) is 181 Å². The van der Waals surface area contributed by atoms with Gasteiger partial charge in [0.15, 0.2) is 0 Å². The lowest BCUT2D eigenvalue weighted by molar-refractivity contribution is 0.660. The minimum Gasteiger partial charge on any atom is -0.0619 e. The molecule has 0 heterocycles. The van der Waals surface area contributed by atoms with Crippen LogP contribution in [0.1, 0.15) is 25.0 Å². The SMILES string of the molecule is CC1(C)c2ccccc2-c2ccc(-c3ccc(-c4cc(-c5ccc6ccccc6c5)cc(-c5ccc6ccccc6c5)c4)cc3)cc21. The van der Waals surface area contributed by atoms with Gasteiger partial charge in [-0.05, 0) is 125 Å². The van der Waals surface area contributed by atoms with Gasteiger partial charge in [0.2, 0.25) is 0 Å². The van der Waals surface area contributed by atoms with E-state index in [4.69, 9.17) is 0 Å².